The zero-order chi connectivity index (χ0) is 28.1. The molecular formula is C31H27Cl2N3O4. The fourth-order valence-corrected chi connectivity index (χ4v) is 4.86. The minimum absolute atomic E-state index is 0.0208. The Labute approximate surface area is 242 Å². The summed E-state index contributed by atoms with van der Waals surface area (Å²) in [5.74, 6) is 1.55. The highest BCUT2D eigenvalue weighted by atomic mass is 35.5. The van der Waals surface area contributed by atoms with Gasteiger partial charge in [0.2, 0.25) is 5.91 Å². The second kappa shape index (κ2) is 12.3. The Balaban J connectivity index is 1.12. The van der Waals surface area contributed by atoms with Crippen molar-refractivity contribution >= 4 is 52.5 Å². The van der Waals surface area contributed by atoms with E-state index in [4.69, 9.17) is 32.4 Å². The van der Waals surface area contributed by atoms with Gasteiger partial charge in [0, 0.05) is 54.8 Å². The van der Waals surface area contributed by atoms with Crippen LogP contribution in [-0.4, -0.2) is 50.0 Å². The first-order valence-corrected chi connectivity index (χ1v) is 13.5. The third-order valence-electron chi connectivity index (χ3n) is 6.65. The molecule has 9 heteroatoms. The van der Waals surface area contributed by atoms with Crippen molar-refractivity contribution in [1.82, 2.24) is 4.90 Å². The summed E-state index contributed by atoms with van der Waals surface area (Å²) in [5.41, 5.74) is 3.05. The Morgan fingerprint density at radius 1 is 0.900 bits per heavy atom. The van der Waals surface area contributed by atoms with Crippen LogP contribution in [0.25, 0.3) is 17.4 Å². The van der Waals surface area contributed by atoms with Gasteiger partial charge in [0.25, 0.3) is 5.91 Å². The lowest BCUT2D eigenvalue weighted by atomic mass is 10.1. The number of hydrogen-bond acceptors (Lipinski definition) is 5. The molecule has 0 saturated carbocycles. The highest BCUT2D eigenvalue weighted by molar-refractivity contribution is 6.43. The van der Waals surface area contributed by atoms with E-state index in [1.54, 1.807) is 61.7 Å². The molecule has 1 aromatic heterocycles. The predicted octanol–water partition coefficient (Wildman–Crippen LogP) is 6.88. The van der Waals surface area contributed by atoms with Crippen molar-refractivity contribution in [2.75, 3.05) is 43.5 Å². The zero-order valence-electron chi connectivity index (χ0n) is 21.8. The molecule has 4 aromatic rings. The summed E-state index contributed by atoms with van der Waals surface area (Å²) in [6.07, 6.45) is 3.01. The van der Waals surface area contributed by atoms with Crippen molar-refractivity contribution in [3.63, 3.8) is 0 Å². The van der Waals surface area contributed by atoms with Gasteiger partial charge in [-0.05, 0) is 78.9 Å². The lowest BCUT2D eigenvalue weighted by Gasteiger charge is -2.36. The number of methoxy groups -OCH3 is 1. The number of ether oxygens (including phenoxy) is 1. The molecule has 40 heavy (non-hydrogen) atoms. The van der Waals surface area contributed by atoms with Gasteiger partial charge in [-0.15, -0.1) is 0 Å². The molecule has 5 rings (SSSR count). The molecule has 1 aliphatic rings. The van der Waals surface area contributed by atoms with Crippen molar-refractivity contribution in [3.8, 4) is 17.1 Å². The van der Waals surface area contributed by atoms with E-state index in [1.807, 2.05) is 35.2 Å². The quantitative estimate of drug-likeness (QED) is 0.243. The maximum atomic E-state index is 12.8. The molecule has 0 spiro atoms. The van der Waals surface area contributed by atoms with Crippen LogP contribution in [0.1, 0.15) is 16.1 Å². The van der Waals surface area contributed by atoms with E-state index >= 15 is 0 Å². The van der Waals surface area contributed by atoms with Gasteiger partial charge in [-0.3, -0.25) is 9.59 Å². The third kappa shape index (κ3) is 6.33. The molecule has 2 amide bonds. The first-order chi connectivity index (χ1) is 19.4. The van der Waals surface area contributed by atoms with E-state index in [-0.39, 0.29) is 11.8 Å². The zero-order valence-corrected chi connectivity index (χ0v) is 23.3. The molecule has 0 radical (unpaired) electrons. The summed E-state index contributed by atoms with van der Waals surface area (Å²) in [4.78, 5) is 29.4. The van der Waals surface area contributed by atoms with Gasteiger partial charge >= 0.3 is 0 Å². The fourth-order valence-electron chi connectivity index (χ4n) is 4.46. The van der Waals surface area contributed by atoms with Crippen molar-refractivity contribution < 1.29 is 18.7 Å². The van der Waals surface area contributed by atoms with Crippen LogP contribution in [-0.2, 0) is 4.79 Å². The molecule has 0 atom stereocenters. The van der Waals surface area contributed by atoms with Gasteiger partial charge in [-0.25, -0.2) is 0 Å². The summed E-state index contributed by atoms with van der Waals surface area (Å²) >= 11 is 12.4. The van der Waals surface area contributed by atoms with Crippen LogP contribution in [0.5, 0.6) is 5.75 Å². The van der Waals surface area contributed by atoms with E-state index in [1.165, 1.54) is 6.08 Å². The maximum absolute atomic E-state index is 12.8. The van der Waals surface area contributed by atoms with Crippen LogP contribution >= 0.6 is 23.2 Å². The molecule has 3 aromatic carbocycles. The Kier molecular flexibility index (Phi) is 8.43. The van der Waals surface area contributed by atoms with Crippen LogP contribution in [0, 0.1) is 0 Å². The molecule has 2 heterocycles. The monoisotopic (exact) mass is 575 g/mol. The second-order valence-corrected chi connectivity index (χ2v) is 9.97. The Bertz CT molecular complexity index is 1520. The molecule has 204 valence electrons. The van der Waals surface area contributed by atoms with Crippen molar-refractivity contribution in [2.45, 2.75) is 0 Å². The third-order valence-corrected chi connectivity index (χ3v) is 7.47. The summed E-state index contributed by atoms with van der Waals surface area (Å²) < 4.78 is 11.0. The topological polar surface area (TPSA) is 75.0 Å². The van der Waals surface area contributed by atoms with Gasteiger partial charge in [0.05, 0.1) is 17.2 Å². The SMILES string of the molecule is COc1ccc(C(=O)N2CCN(c3ccc(NC(=O)/C=C/c4ccc(-c5cccc(Cl)c5Cl)o4)cc3)CC2)cc1. The number of rotatable bonds is 7. The summed E-state index contributed by atoms with van der Waals surface area (Å²) in [6.45, 7) is 2.71. The minimum atomic E-state index is -0.280. The number of carbonyl (C=O) groups excluding carboxylic acids is 2. The van der Waals surface area contributed by atoms with E-state index in [9.17, 15) is 9.59 Å². The number of furan rings is 1. The van der Waals surface area contributed by atoms with E-state index < -0.39 is 0 Å². The van der Waals surface area contributed by atoms with Gasteiger partial charge in [0.1, 0.15) is 17.3 Å². The standard InChI is InChI=1S/C31H27Cl2N3O4/c1-39-24-11-5-21(6-12-24)31(38)36-19-17-35(18-20-36)23-9-7-22(8-10-23)34-29(37)16-14-25-13-15-28(40-25)26-3-2-4-27(32)30(26)33/h2-16H,17-20H2,1H3,(H,34,37)/b16-14+. The lowest BCUT2D eigenvalue weighted by Crippen LogP contribution is -2.48. The van der Waals surface area contributed by atoms with Gasteiger partial charge in [-0.2, -0.15) is 0 Å². The van der Waals surface area contributed by atoms with E-state index in [2.05, 4.69) is 10.2 Å². The lowest BCUT2D eigenvalue weighted by molar-refractivity contribution is -0.111. The summed E-state index contributed by atoms with van der Waals surface area (Å²) in [7, 11) is 1.60. The normalized spacial score (nSPS) is 13.5. The molecule has 0 unspecified atom stereocenters. The number of piperazine rings is 1. The van der Waals surface area contributed by atoms with Crippen LogP contribution in [0.15, 0.2) is 89.4 Å². The Morgan fingerprint density at radius 3 is 2.33 bits per heavy atom. The molecule has 0 bridgehead atoms. The van der Waals surface area contributed by atoms with Crippen molar-refractivity contribution in [1.29, 1.82) is 0 Å². The van der Waals surface area contributed by atoms with Crippen molar-refractivity contribution in [2.24, 2.45) is 0 Å². The molecule has 7 nitrogen and oxygen atoms in total. The van der Waals surface area contributed by atoms with Gasteiger partial charge in [-0.1, -0.05) is 29.3 Å². The number of nitrogens with zero attached hydrogens (tertiary/aromatic N) is 2. The number of nitrogens with one attached hydrogen (secondary N) is 1. The Morgan fingerprint density at radius 2 is 1.62 bits per heavy atom. The molecule has 1 fully saturated rings. The minimum Gasteiger partial charge on any atom is -0.497 e. The average molecular weight is 576 g/mol. The smallest absolute Gasteiger partial charge is 0.253 e. The second-order valence-electron chi connectivity index (χ2n) is 9.18. The highest BCUT2D eigenvalue weighted by Crippen LogP contribution is 2.34. The number of benzene rings is 3. The molecule has 1 N–H and O–H groups in total. The molecule has 0 aliphatic carbocycles. The first kappa shape index (κ1) is 27.4. The van der Waals surface area contributed by atoms with Gasteiger partial charge in [0.15, 0.2) is 0 Å². The molecule has 1 saturated heterocycles. The maximum Gasteiger partial charge on any atom is 0.253 e. The number of halogens is 2. The predicted molar refractivity (Wildman–Crippen MR) is 159 cm³/mol. The van der Waals surface area contributed by atoms with Crippen LogP contribution in [0.4, 0.5) is 11.4 Å². The van der Waals surface area contributed by atoms with Crippen molar-refractivity contribution in [3.05, 3.63) is 106 Å². The number of anilines is 2. The molecular weight excluding hydrogens is 549 g/mol. The first-order valence-electron chi connectivity index (χ1n) is 12.7. The fraction of sp³-hybridized carbons (Fsp3) is 0.161. The summed E-state index contributed by atoms with van der Waals surface area (Å²) in [5, 5.41) is 3.72. The number of carbonyl (C=O) groups is 2. The number of amides is 2. The van der Waals surface area contributed by atoms with Crippen LogP contribution in [0.2, 0.25) is 10.0 Å². The highest BCUT2D eigenvalue weighted by Gasteiger charge is 2.22. The number of hydrogen-bond donors (Lipinski definition) is 1. The largest absolute Gasteiger partial charge is 0.497 e. The molecule has 1 aliphatic heterocycles. The van der Waals surface area contributed by atoms with Crippen LogP contribution in [0.3, 0.4) is 0 Å². The van der Waals surface area contributed by atoms with E-state index in [0.29, 0.717) is 51.5 Å². The summed E-state index contributed by atoms with van der Waals surface area (Å²) in [6, 6.07) is 23.7. The average Bonchev–Trinajstić information content (AvgIpc) is 3.46. The van der Waals surface area contributed by atoms with Crippen LogP contribution < -0.4 is 15.0 Å². The Hall–Kier alpha value is -4.20. The van der Waals surface area contributed by atoms with Gasteiger partial charge < -0.3 is 24.3 Å². The van der Waals surface area contributed by atoms with E-state index in [0.717, 1.165) is 24.5 Å².